The summed E-state index contributed by atoms with van der Waals surface area (Å²) in [5.74, 6) is 1.30. The van der Waals surface area contributed by atoms with Gasteiger partial charge in [-0.25, -0.2) is 14.4 Å². The highest BCUT2D eigenvalue weighted by atomic mass is 19.1. The van der Waals surface area contributed by atoms with Gasteiger partial charge in [0, 0.05) is 51.0 Å². The van der Waals surface area contributed by atoms with Crippen LogP contribution in [0.15, 0.2) is 24.3 Å². The molecule has 1 aliphatic rings. The third kappa shape index (κ3) is 4.42. The summed E-state index contributed by atoms with van der Waals surface area (Å²) in [7, 11) is 1.52. The number of halogens is 1. The molecular formula is C20H25FN4O2. The standard InChI is InChI=1S/C20H25FN4O2/c1-14-17(12-16-6-4-5-7-18(16)21)20(23-15(2)22-14)25-10-8-24(9-11-25)19(26)13-27-3/h4-7H,8-13H2,1-3H3. The topological polar surface area (TPSA) is 58.6 Å². The second-order valence-corrected chi connectivity index (χ2v) is 6.73. The molecule has 6 nitrogen and oxygen atoms in total. The van der Waals surface area contributed by atoms with Crippen molar-refractivity contribution in [1.29, 1.82) is 0 Å². The van der Waals surface area contributed by atoms with E-state index in [0.717, 1.165) is 17.1 Å². The van der Waals surface area contributed by atoms with Gasteiger partial charge in [0.2, 0.25) is 5.91 Å². The molecule has 2 heterocycles. The van der Waals surface area contributed by atoms with Crippen molar-refractivity contribution in [1.82, 2.24) is 14.9 Å². The average molecular weight is 372 g/mol. The molecule has 0 aliphatic carbocycles. The molecule has 27 heavy (non-hydrogen) atoms. The molecule has 0 bridgehead atoms. The van der Waals surface area contributed by atoms with Crippen molar-refractivity contribution in [2.75, 3.05) is 44.8 Å². The van der Waals surface area contributed by atoms with Gasteiger partial charge in [-0.3, -0.25) is 4.79 Å². The first-order valence-corrected chi connectivity index (χ1v) is 9.08. The Bertz CT molecular complexity index is 820. The second kappa shape index (κ2) is 8.43. The SMILES string of the molecule is COCC(=O)N1CCN(c2nc(C)nc(C)c2Cc2ccccc2F)CC1. The maximum absolute atomic E-state index is 14.2. The molecule has 7 heteroatoms. The molecule has 0 atom stereocenters. The smallest absolute Gasteiger partial charge is 0.248 e. The Hall–Kier alpha value is -2.54. The Kier molecular flexibility index (Phi) is 6.01. The summed E-state index contributed by atoms with van der Waals surface area (Å²) in [5.41, 5.74) is 2.42. The predicted molar refractivity (Wildman–Crippen MR) is 101 cm³/mol. The fourth-order valence-electron chi connectivity index (χ4n) is 3.40. The van der Waals surface area contributed by atoms with Gasteiger partial charge in [-0.15, -0.1) is 0 Å². The van der Waals surface area contributed by atoms with E-state index < -0.39 is 0 Å². The first-order chi connectivity index (χ1) is 13.0. The Morgan fingerprint density at radius 3 is 2.52 bits per heavy atom. The molecule has 1 aliphatic heterocycles. The number of carbonyl (C=O) groups excluding carboxylic acids is 1. The van der Waals surface area contributed by atoms with E-state index in [1.54, 1.807) is 17.0 Å². The quantitative estimate of drug-likeness (QED) is 0.805. The molecule has 0 spiro atoms. The van der Waals surface area contributed by atoms with Gasteiger partial charge in [-0.05, 0) is 25.5 Å². The lowest BCUT2D eigenvalue weighted by Crippen LogP contribution is -2.50. The Morgan fingerprint density at radius 1 is 1.15 bits per heavy atom. The van der Waals surface area contributed by atoms with Crippen LogP contribution in [0.25, 0.3) is 0 Å². The average Bonchev–Trinajstić information content (AvgIpc) is 2.65. The van der Waals surface area contributed by atoms with E-state index in [2.05, 4.69) is 14.9 Å². The van der Waals surface area contributed by atoms with Crippen molar-refractivity contribution < 1.29 is 13.9 Å². The zero-order chi connectivity index (χ0) is 19.4. The number of aryl methyl sites for hydroxylation is 2. The highest BCUT2D eigenvalue weighted by molar-refractivity contribution is 5.77. The molecule has 1 fully saturated rings. The number of methoxy groups -OCH3 is 1. The molecule has 0 unspecified atom stereocenters. The lowest BCUT2D eigenvalue weighted by molar-refractivity contribution is -0.135. The minimum atomic E-state index is -0.224. The summed E-state index contributed by atoms with van der Waals surface area (Å²) in [4.78, 5) is 25.1. The van der Waals surface area contributed by atoms with Crippen LogP contribution in [-0.4, -0.2) is 60.7 Å². The number of rotatable bonds is 5. The highest BCUT2D eigenvalue weighted by Crippen LogP contribution is 2.26. The number of aromatic nitrogens is 2. The number of anilines is 1. The minimum Gasteiger partial charge on any atom is -0.375 e. The maximum Gasteiger partial charge on any atom is 0.248 e. The van der Waals surface area contributed by atoms with Gasteiger partial charge in [0.15, 0.2) is 0 Å². The van der Waals surface area contributed by atoms with E-state index >= 15 is 0 Å². The highest BCUT2D eigenvalue weighted by Gasteiger charge is 2.25. The van der Waals surface area contributed by atoms with Crippen molar-refractivity contribution in [3.63, 3.8) is 0 Å². The van der Waals surface area contributed by atoms with Crippen molar-refractivity contribution in [2.45, 2.75) is 20.3 Å². The van der Waals surface area contributed by atoms with Gasteiger partial charge in [-0.2, -0.15) is 0 Å². The fourth-order valence-corrected chi connectivity index (χ4v) is 3.40. The van der Waals surface area contributed by atoms with Crippen LogP contribution in [0, 0.1) is 19.7 Å². The van der Waals surface area contributed by atoms with E-state index in [-0.39, 0.29) is 18.3 Å². The van der Waals surface area contributed by atoms with Crippen LogP contribution in [0.3, 0.4) is 0 Å². The van der Waals surface area contributed by atoms with E-state index in [1.165, 1.54) is 13.2 Å². The summed E-state index contributed by atoms with van der Waals surface area (Å²) in [6.07, 6.45) is 0.441. The lowest BCUT2D eigenvalue weighted by Gasteiger charge is -2.36. The number of piperazine rings is 1. The Morgan fingerprint density at radius 2 is 1.85 bits per heavy atom. The van der Waals surface area contributed by atoms with Crippen LogP contribution in [0.2, 0.25) is 0 Å². The molecule has 1 saturated heterocycles. The van der Waals surface area contributed by atoms with Crippen LogP contribution >= 0.6 is 0 Å². The second-order valence-electron chi connectivity index (χ2n) is 6.73. The van der Waals surface area contributed by atoms with Gasteiger partial charge < -0.3 is 14.5 Å². The maximum atomic E-state index is 14.2. The van der Waals surface area contributed by atoms with E-state index in [4.69, 9.17) is 4.74 Å². The first-order valence-electron chi connectivity index (χ1n) is 9.08. The summed E-state index contributed by atoms with van der Waals surface area (Å²) >= 11 is 0. The molecule has 144 valence electrons. The molecule has 1 amide bonds. The zero-order valence-electron chi connectivity index (χ0n) is 16.0. The van der Waals surface area contributed by atoms with Crippen LogP contribution in [0.5, 0.6) is 0 Å². The number of hydrogen-bond donors (Lipinski definition) is 0. The van der Waals surface area contributed by atoms with Gasteiger partial charge in [0.25, 0.3) is 0 Å². The number of carbonyl (C=O) groups is 1. The number of benzene rings is 1. The third-order valence-electron chi connectivity index (χ3n) is 4.83. The normalized spacial score (nSPS) is 14.5. The fraction of sp³-hybridized carbons (Fsp3) is 0.450. The molecular weight excluding hydrogens is 347 g/mol. The van der Waals surface area contributed by atoms with Crippen LogP contribution in [-0.2, 0) is 16.0 Å². The molecule has 1 aromatic heterocycles. The van der Waals surface area contributed by atoms with Crippen LogP contribution in [0.4, 0.5) is 10.2 Å². The monoisotopic (exact) mass is 372 g/mol. The summed E-state index contributed by atoms with van der Waals surface area (Å²) < 4.78 is 19.1. The Balaban J connectivity index is 1.83. The van der Waals surface area contributed by atoms with Crippen LogP contribution in [0.1, 0.15) is 22.6 Å². The molecule has 0 saturated carbocycles. The summed E-state index contributed by atoms with van der Waals surface area (Å²) in [6.45, 7) is 6.48. The zero-order valence-corrected chi connectivity index (χ0v) is 16.0. The number of hydrogen-bond acceptors (Lipinski definition) is 5. The van der Waals surface area contributed by atoms with E-state index in [0.29, 0.717) is 44.0 Å². The number of ether oxygens (including phenoxy) is 1. The number of amides is 1. The van der Waals surface area contributed by atoms with Crippen molar-refractivity contribution in [2.24, 2.45) is 0 Å². The van der Waals surface area contributed by atoms with E-state index in [9.17, 15) is 9.18 Å². The van der Waals surface area contributed by atoms with Gasteiger partial charge >= 0.3 is 0 Å². The predicted octanol–water partition coefficient (Wildman–Crippen LogP) is 2.12. The first kappa shape index (κ1) is 19.2. The lowest BCUT2D eigenvalue weighted by atomic mass is 10.0. The molecule has 1 aromatic carbocycles. The molecule has 2 aromatic rings. The van der Waals surface area contributed by atoms with Gasteiger partial charge in [-0.1, -0.05) is 18.2 Å². The summed E-state index contributed by atoms with van der Waals surface area (Å²) in [5, 5.41) is 0. The van der Waals surface area contributed by atoms with E-state index in [1.807, 2.05) is 19.9 Å². The molecule has 0 radical (unpaired) electrons. The Labute approximate surface area is 159 Å². The van der Waals surface area contributed by atoms with Crippen molar-refractivity contribution >= 4 is 11.7 Å². The van der Waals surface area contributed by atoms with Crippen LogP contribution < -0.4 is 4.90 Å². The molecule has 3 rings (SSSR count). The largest absolute Gasteiger partial charge is 0.375 e. The minimum absolute atomic E-state index is 0.00113. The van der Waals surface area contributed by atoms with Gasteiger partial charge in [0.05, 0.1) is 0 Å². The third-order valence-corrected chi connectivity index (χ3v) is 4.83. The van der Waals surface area contributed by atoms with Gasteiger partial charge in [0.1, 0.15) is 24.1 Å². The van der Waals surface area contributed by atoms with Crippen molar-refractivity contribution in [3.05, 3.63) is 52.7 Å². The van der Waals surface area contributed by atoms with Crippen molar-refractivity contribution in [3.8, 4) is 0 Å². The number of nitrogens with zero attached hydrogens (tertiary/aromatic N) is 4. The summed E-state index contributed by atoms with van der Waals surface area (Å²) in [6, 6.07) is 6.79. The molecule has 0 N–H and O–H groups in total.